The fourth-order valence-electron chi connectivity index (χ4n) is 3.63. The molecule has 1 fully saturated rings. The fourth-order valence-corrected chi connectivity index (χ4v) is 4.22. The van der Waals surface area contributed by atoms with Crippen LogP contribution < -0.4 is 0 Å². The van der Waals surface area contributed by atoms with Crippen LogP contribution in [0.2, 0.25) is 0 Å². The molecule has 0 unspecified atom stereocenters. The molecule has 0 amide bonds. The van der Waals surface area contributed by atoms with Gasteiger partial charge in [0.2, 0.25) is 0 Å². The molecule has 3 rings (SSSR count). The lowest BCUT2D eigenvalue weighted by Crippen LogP contribution is -2.21. The maximum absolute atomic E-state index is 12.3. The van der Waals surface area contributed by atoms with Crippen LogP contribution in [0.5, 0.6) is 0 Å². The Kier molecular flexibility index (Phi) is 7.19. The van der Waals surface area contributed by atoms with Gasteiger partial charge in [0, 0.05) is 4.90 Å². The van der Waals surface area contributed by atoms with Gasteiger partial charge in [-0.2, -0.15) is 0 Å². The molecule has 138 valence electrons. The first-order valence-corrected chi connectivity index (χ1v) is 10.5. The number of rotatable bonds is 7. The van der Waals surface area contributed by atoms with Crippen molar-refractivity contribution >= 4 is 18.0 Å². The second-order valence-electron chi connectivity index (χ2n) is 7.19. The molecule has 0 radical (unpaired) electrons. The van der Waals surface area contributed by atoms with Crippen molar-refractivity contribution in [1.82, 2.24) is 0 Å². The Morgan fingerprint density at radius 2 is 1.69 bits per heavy atom. The van der Waals surface area contributed by atoms with Gasteiger partial charge in [0.15, 0.2) is 0 Å². The Labute approximate surface area is 161 Å². The van der Waals surface area contributed by atoms with E-state index in [2.05, 4.69) is 31.2 Å². The van der Waals surface area contributed by atoms with Gasteiger partial charge in [-0.1, -0.05) is 55.8 Å². The Balaban J connectivity index is 1.45. The highest BCUT2D eigenvalue weighted by Gasteiger charge is 2.28. The van der Waals surface area contributed by atoms with E-state index in [1.807, 2.05) is 30.3 Å². The Morgan fingerprint density at radius 3 is 2.35 bits per heavy atom. The van der Waals surface area contributed by atoms with E-state index in [1.54, 1.807) is 0 Å². The SMILES string of the molecule is CCCCc1ccc(C2CCC(C(=O)OSc3ccccc3)CC2)cc1. The Morgan fingerprint density at radius 1 is 1.00 bits per heavy atom. The molecule has 0 aromatic heterocycles. The van der Waals surface area contributed by atoms with Crippen LogP contribution in [-0.4, -0.2) is 5.97 Å². The molecular weight excluding hydrogens is 340 g/mol. The minimum absolute atomic E-state index is 0.0475. The molecule has 2 aromatic rings. The van der Waals surface area contributed by atoms with Crippen molar-refractivity contribution in [2.24, 2.45) is 5.92 Å². The molecule has 0 saturated heterocycles. The second kappa shape index (κ2) is 9.82. The summed E-state index contributed by atoms with van der Waals surface area (Å²) in [5.41, 5.74) is 2.86. The van der Waals surface area contributed by atoms with E-state index in [0.717, 1.165) is 30.6 Å². The Hall–Kier alpha value is -1.74. The van der Waals surface area contributed by atoms with E-state index in [0.29, 0.717) is 5.92 Å². The van der Waals surface area contributed by atoms with E-state index in [-0.39, 0.29) is 11.9 Å². The predicted octanol–water partition coefficient (Wildman–Crippen LogP) is 6.55. The van der Waals surface area contributed by atoms with Crippen molar-refractivity contribution in [3.05, 3.63) is 65.7 Å². The third kappa shape index (κ3) is 5.38. The van der Waals surface area contributed by atoms with Gasteiger partial charge in [-0.3, -0.25) is 4.79 Å². The second-order valence-corrected chi connectivity index (χ2v) is 8.00. The number of hydrogen-bond donors (Lipinski definition) is 0. The summed E-state index contributed by atoms with van der Waals surface area (Å²) in [5.74, 6) is 0.569. The Bertz CT molecular complexity index is 673. The van der Waals surface area contributed by atoms with Crippen molar-refractivity contribution in [3.8, 4) is 0 Å². The van der Waals surface area contributed by atoms with Gasteiger partial charge in [0.05, 0.1) is 18.0 Å². The normalized spacial score (nSPS) is 19.9. The lowest BCUT2D eigenvalue weighted by atomic mass is 9.78. The van der Waals surface area contributed by atoms with Gasteiger partial charge in [0.1, 0.15) is 0 Å². The highest BCUT2D eigenvalue weighted by molar-refractivity contribution is 7.95. The molecule has 0 spiro atoms. The summed E-state index contributed by atoms with van der Waals surface area (Å²) in [6.07, 6.45) is 7.67. The number of hydrogen-bond acceptors (Lipinski definition) is 3. The number of carbonyl (C=O) groups excluding carboxylic acids is 1. The van der Waals surface area contributed by atoms with E-state index < -0.39 is 0 Å². The van der Waals surface area contributed by atoms with Gasteiger partial charge in [-0.15, -0.1) is 0 Å². The van der Waals surface area contributed by atoms with E-state index in [1.165, 1.54) is 42.4 Å². The molecule has 3 heteroatoms. The van der Waals surface area contributed by atoms with Crippen molar-refractivity contribution in [2.45, 2.75) is 62.7 Å². The summed E-state index contributed by atoms with van der Waals surface area (Å²) in [7, 11) is 0. The van der Waals surface area contributed by atoms with Gasteiger partial charge >= 0.3 is 5.97 Å². The molecule has 0 heterocycles. The lowest BCUT2D eigenvalue weighted by molar-refractivity contribution is -0.138. The molecule has 1 saturated carbocycles. The van der Waals surface area contributed by atoms with Gasteiger partial charge < -0.3 is 4.18 Å². The molecule has 0 aliphatic heterocycles. The van der Waals surface area contributed by atoms with Gasteiger partial charge in [0.25, 0.3) is 0 Å². The maximum atomic E-state index is 12.3. The third-order valence-electron chi connectivity index (χ3n) is 5.29. The number of unbranched alkanes of at least 4 members (excludes halogenated alkanes) is 1. The molecular formula is C23H28O2S. The summed E-state index contributed by atoms with van der Waals surface area (Å²) in [6, 6.07) is 18.9. The van der Waals surface area contributed by atoms with Crippen molar-refractivity contribution < 1.29 is 8.98 Å². The largest absolute Gasteiger partial charge is 0.386 e. The maximum Gasteiger partial charge on any atom is 0.321 e. The molecule has 0 N–H and O–H groups in total. The van der Waals surface area contributed by atoms with Crippen LogP contribution in [0.25, 0.3) is 0 Å². The smallest absolute Gasteiger partial charge is 0.321 e. The monoisotopic (exact) mass is 368 g/mol. The van der Waals surface area contributed by atoms with E-state index in [9.17, 15) is 4.79 Å². The molecule has 0 atom stereocenters. The quantitative estimate of drug-likeness (QED) is 0.518. The zero-order valence-electron chi connectivity index (χ0n) is 15.5. The van der Waals surface area contributed by atoms with Crippen LogP contribution >= 0.6 is 12.0 Å². The molecule has 1 aliphatic carbocycles. The average molecular weight is 369 g/mol. The molecule has 26 heavy (non-hydrogen) atoms. The average Bonchev–Trinajstić information content (AvgIpc) is 2.72. The first kappa shape index (κ1) is 19.0. The van der Waals surface area contributed by atoms with Gasteiger partial charge in [-0.25, -0.2) is 0 Å². The van der Waals surface area contributed by atoms with Crippen LogP contribution in [0.15, 0.2) is 59.5 Å². The van der Waals surface area contributed by atoms with Crippen LogP contribution in [0, 0.1) is 5.92 Å². The van der Waals surface area contributed by atoms with Crippen LogP contribution in [0.4, 0.5) is 0 Å². The molecule has 2 nitrogen and oxygen atoms in total. The summed E-state index contributed by atoms with van der Waals surface area (Å²) >= 11 is 1.18. The van der Waals surface area contributed by atoms with Crippen LogP contribution in [0.3, 0.4) is 0 Å². The first-order chi connectivity index (χ1) is 12.8. The lowest BCUT2D eigenvalue weighted by Gasteiger charge is -2.27. The molecule has 0 bridgehead atoms. The molecule has 1 aliphatic rings. The summed E-state index contributed by atoms with van der Waals surface area (Å²) in [4.78, 5) is 13.3. The standard InChI is InChI=1S/C23H28O2S/c1-2-3-7-18-10-12-19(13-11-18)20-14-16-21(17-15-20)23(24)25-26-22-8-5-4-6-9-22/h4-6,8-13,20-21H,2-3,7,14-17H2,1H3. The number of carbonyl (C=O) groups is 1. The minimum Gasteiger partial charge on any atom is -0.386 e. The fraction of sp³-hybridized carbons (Fsp3) is 0.435. The third-order valence-corrected chi connectivity index (χ3v) is 6.01. The van der Waals surface area contributed by atoms with E-state index in [4.69, 9.17) is 4.18 Å². The van der Waals surface area contributed by atoms with Gasteiger partial charge in [-0.05, 0) is 67.7 Å². The number of aryl methyl sites for hydroxylation is 1. The number of benzene rings is 2. The zero-order valence-corrected chi connectivity index (χ0v) is 16.3. The van der Waals surface area contributed by atoms with Crippen LogP contribution in [-0.2, 0) is 15.4 Å². The topological polar surface area (TPSA) is 26.3 Å². The van der Waals surface area contributed by atoms with Crippen molar-refractivity contribution in [3.63, 3.8) is 0 Å². The van der Waals surface area contributed by atoms with Crippen LogP contribution in [0.1, 0.15) is 62.5 Å². The summed E-state index contributed by atoms with van der Waals surface area (Å²) < 4.78 is 5.44. The van der Waals surface area contributed by atoms with Crippen molar-refractivity contribution in [1.29, 1.82) is 0 Å². The zero-order chi connectivity index (χ0) is 18.2. The highest BCUT2D eigenvalue weighted by atomic mass is 32.2. The highest BCUT2D eigenvalue weighted by Crippen LogP contribution is 2.37. The first-order valence-electron chi connectivity index (χ1n) is 9.78. The van der Waals surface area contributed by atoms with E-state index >= 15 is 0 Å². The van der Waals surface area contributed by atoms with Crippen molar-refractivity contribution in [2.75, 3.05) is 0 Å². The minimum atomic E-state index is -0.0628. The predicted molar refractivity (Wildman–Crippen MR) is 108 cm³/mol. The molecule has 2 aromatic carbocycles. The summed E-state index contributed by atoms with van der Waals surface area (Å²) in [5, 5.41) is 0. The summed E-state index contributed by atoms with van der Waals surface area (Å²) in [6.45, 7) is 2.23.